The number of nitrogens with one attached hydrogen (secondary N) is 4. The molecule has 2 rings (SSSR count). The maximum absolute atomic E-state index is 15.2. The van der Waals surface area contributed by atoms with Crippen LogP contribution in [0.2, 0.25) is 0 Å². The number of carbonyl (C=O) groups is 11. The molecule has 23 nitrogen and oxygen atoms in total. The third-order valence-corrected chi connectivity index (χ3v) is 16.9. The Balaban J connectivity index is 3.02. The molecule has 5 N–H and O–H groups in total. The van der Waals surface area contributed by atoms with Gasteiger partial charge in [0, 0.05) is 55.8 Å². The standard InChI is InChI=1S/C66H111N11O12/c1-24-26-30-42(11)54(79)53-59(83)68-46(25-2)61(85)71(17)37-51(78)73(19)48(36-45-31-28-27-29-32-45)58(82)70-55(66(14,15)16)65(89)72(18)44(13)56(80)69-47(33-38(3)4)57(81)67-43(12)60(84)74(20)49(34-39(5)6)62(86)75(21)50(35-40(7)8)63(87)76(22)52(41(9)10)64(88)77(53)23/h24,26-29,31-32,38-44,46-50,52-55,79H,25,30,33-37H2,1-23H3,(H,67,81)(H,68,83)(H,69,80)(H,70,82)/b26-24+/t42-,43-,44+,46+,47+,48+,49+,50+,52+,53+,54-,55-/m1/s1. The smallest absolute Gasteiger partial charge is 0.246 e. The Bertz CT molecular complexity index is 2620. The second-order valence-corrected chi connectivity index (χ2v) is 27.2. The van der Waals surface area contributed by atoms with Crippen LogP contribution in [0.5, 0.6) is 0 Å². The highest BCUT2D eigenvalue weighted by Gasteiger charge is 2.46. The fourth-order valence-electron chi connectivity index (χ4n) is 11.1. The van der Waals surface area contributed by atoms with Crippen LogP contribution in [-0.4, -0.2) is 227 Å². The minimum Gasteiger partial charge on any atom is -0.390 e. The number of benzene rings is 1. The molecule has 0 spiro atoms. The monoisotopic (exact) mass is 1250 g/mol. The van der Waals surface area contributed by atoms with Gasteiger partial charge in [0.05, 0.1) is 12.6 Å². The number of aliphatic hydroxyl groups is 1. The van der Waals surface area contributed by atoms with E-state index in [9.17, 15) is 43.5 Å². The summed E-state index contributed by atoms with van der Waals surface area (Å²) in [5.74, 6) is -9.30. The number of allylic oxidation sites excluding steroid dienone is 2. The molecular formula is C66H111N11O12. The molecule has 502 valence electrons. The molecule has 1 aromatic carbocycles. The van der Waals surface area contributed by atoms with Crippen LogP contribution in [0.15, 0.2) is 42.5 Å². The molecule has 1 aliphatic heterocycles. The van der Waals surface area contributed by atoms with Gasteiger partial charge in [-0.25, -0.2) is 0 Å². The summed E-state index contributed by atoms with van der Waals surface area (Å²) in [5, 5.41) is 23.3. The molecule has 1 saturated heterocycles. The van der Waals surface area contributed by atoms with Crippen LogP contribution in [-0.2, 0) is 59.2 Å². The van der Waals surface area contributed by atoms with Gasteiger partial charge in [0.15, 0.2) is 0 Å². The summed E-state index contributed by atoms with van der Waals surface area (Å²) in [4.78, 5) is 170. The van der Waals surface area contributed by atoms with E-state index in [1.165, 1.54) is 82.8 Å². The van der Waals surface area contributed by atoms with Gasteiger partial charge in [-0.1, -0.05) is 132 Å². The van der Waals surface area contributed by atoms with Crippen LogP contribution in [0.3, 0.4) is 0 Å². The quantitative estimate of drug-likeness (QED) is 0.166. The van der Waals surface area contributed by atoms with Crippen molar-refractivity contribution in [2.24, 2.45) is 35.0 Å². The minimum atomic E-state index is -1.62. The molecule has 1 fully saturated rings. The van der Waals surface area contributed by atoms with Gasteiger partial charge >= 0.3 is 0 Å². The van der Waals surface area contributed by atoms with E-state index in [0.717, 1.165) is 14.7 Å². The van der Waals surface area contributed by atoms with E-state index in [2.05, 4.69) is 21.3 Å². The molecule has 0 aliphatic carbocycles. The summed E-state index contributed by atoms with van der Waals surface area (Å²) < 4.78 is 0. The van der Waals surface area contributed by atoms with Crippen molar-refractivity contribution < 1.29 is 57.8 Å². The fraction of sp³-hybridized carbons (Fsp3) is 0.712. The van der Waals surface area contributed by atoms with Crippen molar-refractivity contribution in [1.29, 1.82) is 0 Å². The number of rotatable bonds is 14. The Labute approximate surface area is 531 Å². The van der Waals surface area contributed by atoms with E-state index in [4.69, 9.17) is 0 Å². The minimum absolute atomic E-state index is 0.00735. The van der Waals surface area contributed by atoms with Gasteiger partial charge in [-0.15, -0.1) is 0 Å². The SMILES string of the molecule is C/C=C/C[C@@H](C)[C@@H](O)[C@H]1C(=O)N[C@@H](CC)C(=O)N(C)CC(=O)N(C)[C@@H](Cc2ccccc2)C(=O)N[C@@H](C(C)(C)C)C(=O)N(C)[C@@H](C)C(=O)N[C@@H](CC(C)C)C(=O)N[C@H](C)C(=O)N(C)[C@@H](CC(C)C)C(=O)N(C)[C@@H](CC(C)C)C(=O)N(C)[C@@H](C(C)C)C(=O)N1C. The molecule has 0 unspecified atom stereocenters. The number of likely N-dealkylation sites (N-methyl/N-ethyl adjacent to an activating group) is 7. The van der Waals surface area contributed by atoms with Crippen LogP contribution in [0.25, 0.3) is 0 Å². The van der Waals surface area contributed by atoms with Gasteiger partial charge in [0.2, 0.25) is 65.0 Å². The Morgan fingerprint density at radius 3 is 1.52 bits per heavy atom. The highest BCUT2D eigenvalue weighted by atomic mass is 16.3. The van der Waals surface area contributed by atoms with Crippen LogP contribution < -0.4 is 21.3 Å². The molecule has 11 amide bonds. The van der Waals surface area contributed by atoms with E-state index in [0.29, 0.717) is 12.0 Å². The second-order valence-electron chi connectivity index (χ2n) is 27.2. The number of hydrogen-bond donors (Lipinski definition) is 5. The van der Waals surface area contributed by atoms with Crippen molar-refractivity contribution in [2.45, 2.75) is 216 Å². The zero-order chi connectivity index (χ0) is 68.4. The Kier molecular flexibility index (Phi) is 30.7. The van der Waals surface area contributed by atoms with Crippen molar-refractivity contribution in [2.75, 3.05) is 55.9 Å². The average Bonchev–Trinajstić information content (AvgIpc) is 2.74. The lowest BCUT2D eigenvalue weighted by molar-refractivity contribution is -0.157. The van der Waals surface area contributed by atoms with E-state index in [-0.39, 0.29) is 49.9 Å². The summed E-state index contributed by atoms with van der Waals surface area (Å²) in [6.45, 7) is 27.3. The molecule has 0 radical (unpaired) electrons. The zero-order valence-electron chi connectivity index (χ0n) is 57.8. The molecule has 0 aromatic heterocycles. The first-order valence-corrected chi connectivity index (χ1v) is 31.6. The Hall–Kier alpha value is -6.91. The van der Waals surface area contributed by atoms with Gasteiger partial charge in [0.1, 0.15) is 60.4 Å². The van der Waals surface area contributed by atoms with Crippen molar-refractivity contribution in [3.05, 3.63) is 48.0 Å². The number of carbonyl (C=O) groups excluding carboxylic acids is 11. The molecular weight excluding hydrogens is 1140 g/mol. The molecule has 23 heteroatoms. The topological polar surface area (TPSA) is 279 Å². The normalized spacial score (nSPS) is 26.2. The molecule has 0 saturated carbocycles. The first-order valence-electron chi connectivity index (χ1n) is 31.6. The van der Waals surface area contributed by atoms with Crippen molar-refractivity contribution in [3.8, 4) is 0 Å². The highest BCUT2D eigenvalue weighted by Crippen LogP contribution is 2.27. The van der Waals surface area contributed by atoms with Crippen molar-refractivity contribution >= 4 is 65.0 Å². The third-order valence-electron chi connectivity index (χ3n) is 16.9. The van der Waals surface area contributed by atoms with Crippen molar-refractivity contribution in [3.63, 3.8) is 0 Å². The summed E-state index contributed by atoms with van der Waals surface area (Å²) in [6, 6.07) is -3.79. The fourth-order valence-corrected chi connectivity index (χ4v) is 11.1. The van der Waals surface area contributed by atoms with Crippen molar-refractivity contribution in [1.82, 2.24) is 55.6 Å². The van der Waals surface area contributed by atoms with Crippen LogP contribution >= 0.6 is 0 Å². The first kappa shape index (κ1) is 78.2. The van der Waals surface area contributed by atoms with Crippen LogP contribution in [0.4, 0.5) is 0 Å². The summed E-state index contributed by atoms with van der Waals surface area (Å²) in [6.07, 6.45) is 2.79. The first-order chi connectivity index (χ1) is 41.2. The van der Waals surface area contributed by atoms with Gasteiger partial charge < -0.3 is 60.7 Å². The number of hydrogen-bond acceptors (Lipinski definition) is 12. The molecule has 1 aromatic rings. The predicted octanol–water partition coefficient (Wildman–Crippen LogP) is 3.86. The lowest BCUT2D eigenvalue weighted by Crippen LogP contribution is -2.63. The molecule has 89 heavy (non-hydrogen) atoms. The maximum Gasteiger partial charge on any atom is 0.246 e. The average molecular weight is 1250 g/mol. The van der Waals surface area contributed by atoms with Gasteiger partial charge in [-0.05, 0) is 93.4 Å². The van der Waals surface area contributed by atoms with E-state index >= 15 is 14.4 Å². The molecule has 0 bridgehead atoms. The van der Waals surface area contributed by atoms with Gasteiger partial charge in [0.25, 0.3) is 0 Å². The van der Waals surface area contributed by atoms with E-state index in [1.807, 2.05) is 41.5 Å². The molecule has 12 atom stereocenters. The predicted molar refractivity (Wildman–Crippen MR) is 344 cm³/mol. The lowest BCUT2D eigenvalue weighted by atomic mass is 9.85. The largest absolute Gasteiger partial charge is 0.390 e. The third kappa shape index (κ3) is 21.6. The van der Waals surface area contributed by atoms with E-state index < -0.39 is 155 Å². The number of amides is 11. The Morgan fingerprint density at radius 2 is 1.03 bits per heavy atom. The number of aliphatic hydroxyl groups excluding tert-OH is 1. The van der Waals surface area contributed by atoms with Crippen LogP contribution in [0, 0.1) is 35.0 Å². The van der Waals surface area contributed by atoms with Crippen LogP contribution in [0.1, 0.15) is 148 Å². The second kappa shape index (κ2) is 34.9. The number of nitrogens with zero attached hydrogens (tertiary/aromatic N) is 7. The van der Waals surface area contributed by atoms with Gasteiger partial charge in [-0.2, -0.15) is 0 Å². The summed E-state index contributed by atoms with van der Waals surface area (Å²) >= 11 is 0. The molecule has 1 heterocycles. The highest BCUT2D eigenvalue weighted by molar-refractivity contribution is 5.99. The van der Waals surface area contributed by atoms with Gasteiger partial charge in [-0.3, -0.25) is 52.7 Å². The zero-order valence-corrected chi connectivity index (χ0v) is 57.8. The van der Waals surface area contributed by atoms with E-state index in [1.54, 1.807) is 97.9 Å². The Morgan fingerprint density at radius 1 is 0.539 bits per heavy atom. The summed E-state index contributed by atoms with van der Waals surface area (Å²) in [7, 11) is 9.86. The maximum atomic E-state index is 15.2. The molecule has 1 aliphatic rings. The summed E-state index contributed by atoms with van der Waals surface area (Å²) in [5.41, 5.74) is -0.312. The lowest BCUT2D eigenvalue weighted by Gasteiger charge is -2.41.